The van der Waals surface area contributed by atoms with Gasteiger partial charge in [0.05, 0.1) is 11.4 Å². The van der Waals surface area contributed by atoms with Crippen LogP contribution in [-0.2, 0) is 0 Å². The average Bonchev–Trinajstić information content (AvgIpc) is 2.14. The summed E-state index contributed by atoms with van der Waals surface area (Å²) in [4.78, 5) is 4.07. The van der Waals surface area contributed by atoms with E-state index in [4.69, 9.17) is 23.1 Å². The molecule has 1 heterocycles. The summed E-state index contributed by atoms with van der Waals surface area (Å²) >= 11 is 5.50. The number of aromatic nitrogens is 1. The van der Waals surface area contributed by atoms with Crippen molar-refractivity contribution in [2.24, 2.45) is 0 Å². The zero-order valence-corrected chi connectivity index (χ0v) is 8.73. The van der Waals surface area contributed by atoms with Gasteiger partial charge in [-0.25, -0.2) is 4.98 Å². The van der Waals surface area contributed by atoms with Gasteiger partial charge in [-0.15, -0.1) is 11.6 Å². The number of hydrogen-bond acceptors (Lipinski definition) is 3. The Bertz CT molecular complexity index is 390. The molecule has 0 aromatic carbocycles. The lowest BCUT2D eigenvalue weighted by molar-refractivity contribution is 1.20. The average molecular weight is 210 g/mol. The monoisotopic (exact) mass is 209 g/mol. The van der Waals surface area contributed by atoms with Gasteiger partial charge in [-0.1, -0.05) is 11.8 Å². The molecule has 0 aliphatic heterocycles. The fraction of sp³-hybridized carbons (Fsp3) is 0.300. The Morgan fingerprint density at radius 3 is 2.86 bits per heavy atom. The number of halogens is 1. The van der Waals surface area contributed by atoms with E-state index in [9.17, 15) is 0 Å². The van der Waals surface area contributed by atoms with Crippen molar-refractivity contribution >= 4 is 23.1 Å². The van der Waals surface area contributed by atoms with Gasteiger partial charge in [0.2, 0.25) is 0 Å². The molecule has 0 aliphatic carbocycles. The minimum atomic E-state index is 0.352. The lowest BCUT2D eigenvalue weighted by atomic mass is 10.2. The zero-order valence-electron chi connectivity index (χ0n) is 7.97. The molecular weight excluding hydrogens is 198 g/mol. The summed E-state index contributed by atoms with van der Waals surface area (Å²) < 4.78 is 0. The highest BCUT2D eigenvalue weighted by molar-refractivity contribution is 6.18. The summed E-state index contributed by atoms with van der Waals surface area (Å²) in [6.07, 6.45) is 0.658. The molecule has 0 fully saturated rings. The highest BCUT2D eigenvalue weighted by Crippen LogP contribution is 2.15. The molecule has 1 aromatic rings. The molecule has 1 rings (SSSR count). The normalized spacial score (nSPS) is 9.29. The van der Waals surface area contributed by atoms with Crippen molar-refractivity contribution in [2.75, 3.05) is 17.3 Å². The first-order chi connectivity index (χ1) is 6.65. The maximum atomic E-state index is 5.61. The number of nitrogens with two attached hydrogens (primary N) is 2. The summed E-state index contributed by atoms with van der Waals surface area (Å²) in [6.45, 7) is 1.85. The molecule has 0 saturated carbocycles. The van der Waals surface area contributed by atoms with Crippen LogP contribution in [0.15, 0.2) is 6.07 Å². The number of nitrogen functional groups attached to an aromatic ring is 2. The molecule has 0 bridgehead atoms. The van der Waals surface area contributed by atoms with Crippen molar-refractivity contribution in [1.29, 1.82) is 0 Å². The van der Waals surface area contributed by atoms with Gasteiger partial charge in [-0.2, -0.15) is 0 Å². The molecule has 0 radical (unpaired) electrons. The number of hydrogen-bond donors (Lipinski definition) is 2. The molecule has 74 valence electrons. The Kier molecular flexibility index (Phi) is 3.61. The van der Waals surface area contributed by atoms with Crippen LogP contribution in [0.25, 0.3) is 0 Å². The molecular formula is C10H12ClN3. The van der Waals surface area contributed by atoms with Crippen molar-refractivity contribution in [3.63, 3.8) is 0 Å². The number of aryl methyl sites for hydroxylation is 1. The second kappa shape index (κ2) is 4.73. The van der Waals surface area contributed by atoms with E-state index >= 15 is 0 Å². The van der Waals surface area contributed by atoms with Crippen LogP contribution in [0.1, 0.15) is 17.7 Å². The van der Waals surface area contributed by atoms with Crippen LogP contribution in [0.4, 0.5) is 11.5 Å². The van der Waals surface area contributed by atoms with Crippen molar-refractivity contribution in [3.05, 3.63) is 17.3 Å². The Morgan fingerprint density at radius 1 is 1.50 bits per heavy atom. The maximum Gasteiger partial charge on any atom is 0.146 e. The Labute approximate surface area is 88.5 Å². The molecule has 0 aliphatic rings. The Hall–Kier alpha value is -1.40. The summed E-state index contributed by atoms with van der Waals surface area (Å²) in [5.74, 6) is 6.75. The van der Waals surface area contributed by atoms with Crippen molar-refractivity contribution in [1.82, 2.24) is 4.98 Å². The van der Waals surface area contributed by atoms with Crippen molar-refractivity contribution < 1.29 is 0 Å². The topological polar surface area (TPSA) is 64.9 Å². The number of pyridine rings is 1. The predicted molar refractivity (Wildman–Crippen MR) is 60.0 cm³/mol. The molecule has 0 saturated heterocycles. The van der Waals surface area contributed by atoms with Crippen molar-refractivity contribution in [2.45, 2.75) is 13.3 Å². The Balaban J connectivity index is 3.00. The van der Waals surface area contributed by atoms with E-state index in [-0.39, 0.29) is 0 Å². The first-order valence-electron chi connectivity index (χ1n) is 4.22. The molecule has 0 spiro atoms. The maximum absolute atomic E-state index is 5.61. The second-order valence-corrected chi connectivity index (χ2v) is 3.21. The smallest absolute Gasteiger partial charge is 0.146 e. The lowest BCUT2D eigenvalue weighted by Gasteiger charge is -2.02. The van der Waals surface area contributed by atoms with Gasteiger partial charge in [-0.3, -0.25) is 0 Å². The third kappa shape index (κ3) is 2.54. The van der Waals surface area contributed by atoms with E-state index in [2.05, 4.69) is 16.8 Å². The fourth-order valence-electron chi connectivity index (χ4n) is 0.971. The molecule has 0 amide bonds. The van der Waals surface area contributed by atoms with Crippen LogP contribution >= 0.6 is 11.6 Å². The number of alkyl halides is 1. The molecule has 4 heteroatoms. The standard InChI is InChI=1S/C10H12ClN3/c1-7-8(4-2-3-5-11)6-9(12)10(13)14-7/h6H,3,5,12H2,1H3,(H2,13,14). The van der Waals surface area contributed by atoms with Gasteiger partial charge in [0.15, 0.2) is 0 Å². The quantitative estimate of drug-likeness (QED) is 0.545. The van der Waals surface area contributed by atoms with Crippen LogP contribution in [0.2, 0.25) is 0 Å². The summed E-state index contributed by atoms with van der Waals surface area (Å²) in [6, 6.07) is 1.74. The number of rotatable bonds is 1. The van der Waals surface area contributed by atoms with Crippen LogP contribution < -0.4 is 11.5 Å². The van der Waals surface area contributed by atoms with E-state index in [0.29, 0.717) is 23.8 Å². The van der Waals surface area contributed by atoms with Gasteiger partial charge in [0.25, 0.3) is 0 Å². The minimum Gasteiger partial charge on any atom is -0.396 e. The first-order valence-corrected chi connectivity index (χ1v) is 4.76. The van der Waals surface area contributed by atoms with E-state index < -0.39 is 0 Å². The largest absolute Gasteiger partial charge is 0.396 e. The summed E-state index contributed by atoms with van der Waals surface area (Å²) in [5.41, 5.74) is 13.2. The summed E-state index contributed by atoms with van der Waals surface area (Å²) in [5, 5.41) is 0. The van der Waals surface area contributed by atoms with E-state index in [0.717, 1.165) is 11.3 Å². The molecule has 3 nitrogen and oxygen atoms in total. The van der Waals surface area contributed by atoms with E-state index in [1.807, 2.05) is 6.92 Å². The number of nitrogens with zero attached hydrogens (tertiary/aromatic N) is 1. The van der Waals surface area contributed by atoms with Crippen molar-refractivity contribution in [3.8, 4) is 11.8 Å². The SMILES string of the molecule is Cc1nc(N)c(N)cc1C#CCCCl. The molecule has 0 unspecified atom stereocenters. The van der Waals surface area contributed by atoms with E-state index in [1.54, 1.807) is 6.07 Å². The second-order valence-electron chi connectivity index (χ2n) is 2.84. The first kappa shape index (κ1) is 10.7. The Morgan fingerprint density at radius 2 is 2.21 bits per heavy atom. The van der Waals surface area contributed by atoms with Crippen LogP contribution in [0, 0.1) is 18.8 Å². The molecule has 0 atom stereocenters. The minimum absolute atomic E-state index is 0.352. The van der Waals surface area contributed by atoms with Gasteiger partial charge < -0.3 is 11.5 Å². The van der Waals surface area contributed by atoms with Gasteiger partial charge in [-0.05, 0) is 13.0 Å². The zero-order chi connectivity index (χ0) is 10.6. The third-order valence-corrected chi connectivity index (χ3v) is 1.91. The number of anilines is 2. The fourth-order valence-corrected chi connectivity index (χ4v) is 1.07. The predicted octanol–water partition coefficient (Wildman–Crippen LogP) is 1.53. The van der Waals surface area contributed by atoms with Crippen LogP contribution in [0.5, 0.6) is 0 Å². The lowest BCUT2D eigenvalue weighted by Crippen LogP contribution is -2.01. The third-order valence-electron chi connectivity index (χ3n) is 1.72. The molecule has 1 aromatic heterocycles. The van der Waals surface area contributed by atoms with Gasteiger partial charge in [0.1, 0.15) is 5.82 Å². The van der Waals surface area contributed by atoms with Crippen LogP contribution in [-0.4, -0.2) is 10.9 Å². The molecule has 14 heavy (non-hydrogen) atoms. The van der Waals surface area contributed by atoms with Gasteiger partial charge in [0, 0.05) is 17.9 Å². The van der Waals surface area contributed by atoms with E-state index in [1.165, 1.54) is 0 Å². The van der Waals surface area contributed by atoms with Gasteiger partial charge >= 0.3 is 0 Å². The molecule has 4 N–H and O–H groups in total. The highest BCUT2D eigenvalue weighted by Gasteiger charge is 2.01. The summed E-state index contributed by atoms with van der Waals surface area (Å²) in [7, 11) is 0. The highest BCUT2D eigenvalue weighted by atomic mass is 35.5. The van der Waals surface area contributed by atoms with Crippen LogP contribution in [0.3, 0.4) is 0 Å².